The van der Waals surface area contributed by atoms with Crippen LogP contribution in [0.3, 0.4) is 0 Å². The lowest BCUT2D eigenvalue weighted by Gasteiger charge is -2.39. The molecule has 1 saturated heterocycles. The van der Waals surface area contributed by atoms with Crippen molar-refractivity contribution in [2.75, 3.05) is 11.4 Å². The fourth-order valence-electron chi connectivity index (χ4n) is 3.21. The zero-order chi connectivity index (χ0) is 18.2. The second-order valence-electron chi connectivity index (χ2n) is 8.09. The van der Waals surface area contributed by atoms with Crippen LogP contribution in [-0.2, 0) is 4.74 Å². The van der Waals surface area contributed by atoms with E-state index >= 15 is 0 Å². The second kappa shape index (κ2) is 6.98. The average Bonchev–Trinajstić information content (AvgIpc) is 3.29. The molecule has 3 rings (SSSR count). The number of alkyl carbamates (subject to hydrolysis) is 1. The summed E-state index contributed by atoms with van der Waals surface area (Å²) < 4.78 is 5.35. The van der Waals surface area contributed by atoms with Crippen molar-refractivity contribution in [2.45, 2.75) is 77.0 Å². The Morgan fingerprint density at radius 2 is 2.04 bits per heavy atom. The molecule has 2 heterocycles. The number of ether oxygens (including phenoxy) is 1. The number of nitrogens with zero attached hydrogens (tertiary/aromatic N) is 3. The number of rotatable bonds is 3. The summed E-state index contributed by atoms with van der Waals surface area (Å²) in [5.41, 5.74) is -0.479. The van der Waals surface area contributed by atoms with Crippen LogP contribution in [0.1, 0.15) is 65.1 Å². The highest BCUT2D eigenvalue weighted by molar-refractivity contribution is 6.29. The molecule has 0 radical (unpaired) electrons. The van der Waals surface area contributed by atoms with Gasteiger partial charge in [-0.1, -0.05) is 11.6 Å². The van der Waals surface area contributed by atoms with Gasteiger partial charge in [-0.3, -0.25) is 0 Å². The summed E-state index contributed by atoms with van der Waals surface area (Å²) in [4.78, 5) is 23.3. The van der Waals surface area contributed by atoms with Crippen LogP contribution >= 0.6 is 11.6 Å². The maximum absolute atomic E-state index is 12.0. The Morgan fingerprint density at radius 3 is 2.64 bits per heavy atom. The number of carbonyl (C=O) groups excluding carboxylic acids is 1. The minimum Gasteiger partial charge on any atom is -0.444 e. The molecule has 1 amide bonds. The molecule has 1 N–H and O–H groups in total. The van der Waals surface area contributed by atoms with Crippen molar-refractivity contribution in [2.24, 2.45) is 0 Å². The Labute approximate surface area is 154 Å². The maximum atomic E-state index is 12.0. The van der Waals surface area contributed by atoms with Crippen LogP contribution in [-0.4, -0.2) is 40.3 Å². The van der Waals surface area contributed by atoms with Gasteiger partial charge in [0.1, 0.15) is 22.4 Å². The number of anilines is 1. The van der Waals surface area contributed by atoms with Gasteiger partial charge in [0.15, 0.2) is 0 Å². The average molecular weight is 367 g/mol. The van der Waals surface area contributed by atoms with Crippen molar-refractivity contribution in [3.63, 3.8) is 0 Å². The molecule has 6 nitrogen and oxygen atoms in total. The van der Waals surface area contributed by atoms with Gasteiger partial charge in [-0.05, 0) is 53.4 Å². The molecule has 2 atom stereocenters. The Balaban J connectivity index is 1.61. The Kier molecular flexibility index (Phi) is 5.09. The highest BCUT2D eigenvalue weighted by atomic mass is 35.5. The number of aromatic nitrogens is 2. The quantitative estimate of drug-likeness (QED) is 0.822. The van der Waals surface area contributed by atoms with Gasteiger partial charge in [0.25, 0.3) is 0 Å². The van der Waals surface area contributed by atoms with Crippen LogP contribution in [0.2, 0.25) is 5.15 Å². The van der Waals surface area contributed by atoms with Crippen molar-refractivity contribution in [1.29, 1.82) is 0 Å². The molecule has 0 bridgehead atoms. The lowest BCUT2D eigenvalue weighted by molar-refractivity contribution is 0.0494. The van der Waals surface area contributed by atoms with E-state index in [4.69, 9.17) is 21.3 Å². The molecule has 2 fully saturated rings. The van der Waals surface area contributed by atoms with E-state index in [1.807, 2.05) is 26.8 Å². The van der Waals surface area contributed by atoms with Gasteiger partial charge in [0.2, 0.25) is 0 Å². The second-order valence-corrected chi connectivity index (χ2v) is 8.48. The highest BCUT2D eigenvalue weighted by Gasteiger charge is 2.31. The topological polar surface area (TPSA) is 67.3 Å². The van der Waals surface area contributed by atoms with E-state index < -0.39 is 5.60 Å². The number of nitrogens with one attached hydrogen (secondary N) is 1. The highest BCUT2D eigenvalue weighted by Crippen LogP contribution is 2.39. The van der Waals surface area contributed by atoms with Crippen LogP contribution in [0, 0.1) is 0 Å². The Morgan fingerprint density at radius 1 is 1.32 bits per heavy atom. The predicted octanol–water partition coefficient (Wildman–Crippen LogP) is 3.89. The summed E-state index contributed by atoms with van der Waals surface area (Å²) in [6, 6.07) is 2.21. The summed E-state index contributed by atoms with van der Waals surface area (Å²) in [5, 5.41) is 3.49. The minimum atomic E-state index is -0.479. The van der Waals surface area contributed by atoms with Crippen molar-refractivity contribution >= 4 is 23.5 Å². The summed E-state index contributed by atoms with van der Waals surface area (Å²) in [6.07, 6.45) is 3.65. The minimum absolute atomic E-state index is 0.112. The number of piperidine rings is 1. The van der Waals surface area contributed by atoms with E-state index in [0.29, 0.717) is 11.1 Å². The molecular weight excluding hydrogens is 340 g/mol. The van der Waals surface area contributed by atoms with Crippen molar-refractivity contribution in [1.82, 2.24) is 15.3 Å². The summed E-state index contributed by atoms with van der Waals surface area (Å²) in [6.45, 7) is 8.57. The number of carbonyl (C=O) groups is 1. The molecule has 1 aromatic rings. The number of amides is 1. The Hall–Kier alpha value is -1.56. The molecule has 138 valence electrons. The van der Waals surface area contributed by atoms with Gasteiger partial charge >= 0.3 is 6.09 Å². The third-order valence-corrected chi connectivity index (χ3v) is 4.73. The van der Waals surface area contributed by atoms with Gasteiger partial charge in [-0.15, -0.1) is 0 Å². The number of hydrogen-bond acceptors (Lipinski definition) is 5. The lowest BCUT2D eigenvalue weighted by atomic mass is 9.98. The van der Waals surface area contributed by atoms with E-state index in [0.717, 1.165) is 43.9 Å². The SMILES string of the molecule is CC1CC(NC(=O)OC(C)(C)C)CCN1c1cc(Cl)nc(C2CC2)n1. The van der Waals surface area contributed by atoms with E-state index in [1.165, 1.54) is 0 Å². The molecular formula is C18H27ClN4O2. The molecule has 2 aliphatic rings. The van der Waals surface area contributed by atoms with Gasteiger partial charge in [-0.2, -0.15) is 0 Å². The van der Waals surface area contributed by atoms with E-state index in [9.17, 15) is 4.79 Å². The lowest BCUT2D eigenvalue weighted by Crippen LogP contribution is -2.50. The first kappa shape index (κ1) is 18.2. The molecule has 0 aromatic carbocycles. The largest absolute Gasteiger partial charge is 0.444 e. The van der Waals surface area contributed by atoms with Crippen LogP contribution in [0.5, 0.6) is 0 Å². The predicted molar refractivity (Wildman–Crippen MR) is 98.2 cm³/mol. The van der Waals surface area contributed by atoms with Gasteiger partial charge in [-0.25, -0.2) is 14.8 Å². The molecule has 1 aliphatic heterocycles. The first-order valence-electron chi connectivity index (χ1n) is 9.02. The fourth-order valence-corrected chi connectivity index (χ4v) is 3.40. The smallest absolute Gasteiger partial charge is 0.407 e. The van der Waals surface area contributed by atoms with Crippen LogP contribution < -0.4 is 10.2 Å². The third kappa shape index (κ3) is 4.97. The van der Waals surface area contributed by atoms with Crippen LogP contribution in [0.25, 0.3) is 0 Å². The van der Waals surface area contributed by atoms with Crippen molar-refractivity contribution in [3.8, 4) is 0 Å². The zero-order valence-electron chi connectivity index (χ0n) is 15.4. The first-order valence-corrected chi connectivity index (χ1v) is 9.40. The number of hydrogen-bond donors (Lipinski definition) is 1. The van der Waals surface area contributed by atoms with Crippen molar-refractivity contribution < 1.29 is 9.53 Å². The monoisotopic (exact) mass is 366 g/mol. The molecule has 0 spiro atoms. The van der Waals surface area contributed by atoms with E-state index in [2.05, 4.69) is 22.1 Å². The fraction of sp³-hybridized carbons (Fsp3) is 0.722. The molecule has 1 aromatic heterocycles. The molecule has 7 heteroatoms. The van der Waals surface area contributed by atoms with Crippen LogP contribution in [0.4, 0.5) is 10.6 Å². The Bertz CT molecular complexity index is 642. The zero-order valence-corrected chi connectivity index (χ0v) is 16.1. The summed E-state index contributed by atoms with van der Waals surface area (Å²) in [7, 11) is 0. The van der Waals surface area contributed by atoms with Gasteiger partial charge in [0, 0.05) is 30.6 Å². The van der Waals surface area contributed by atoms with E-state index in [-0.39, 0.29) is 18.2 Å². The number of halogens is 1. The normalized spacial score (nSPS) is 24.1. The third-order valence-electron chi connectivity index (χ3n) is 4.53. The van der Waals surface area contributed by atoms with Gasteiger partial charge in [0.05, 0.1) is 0 Å². The van der Waals surface area contributed by atoms with Gasteiger partial charge < -0.3 is 15.0 Å². The molecule has 1 saturated carbocycles. The van der Waals surface area contributed by atoms with E-state index in [1.54, 1.807) is 0 Å². The molecule has 1 aliphatic carbocycles. The maximum Gasteiger partial charge on any atom is 0.407 e. The van der Waals surface area contributed by atoms with Crippen molar-refractivity contribution in [3.05, 3.63) is 17.0 Å². The first-order chi connectivity index (χ1) is 11.7. The standard InChI is InChI=1S/C18H27ClN4O2/c1-11-9-13(20-17(24)25-18(2,3)4)7-8-23(11)15-10-14(19)21-16(22-15)12-5-6-12/h10-13H,5-9H2,1-4H3,(H,20,24). The summed E-state index contributed by atoms with van der Waals surface area (Å²) in [5.74, 6) is 2.23. The van der Waals surface area contributed by atoms with Crippen LogP contribution in [0.15, 0.2) is 6.07 Å². The molecule has 2 unspecified atom stereocenters. The molecule has 25 heavy (non-hydrogen) atoms. The summed E-state index contributed by atoms with van der Waals surface area (Å²) >= 11 is 6.20.